The lowest BCUT2D eigenvalue weighted by Gasteiger charge is -2.32. The largest absolute Gasteiger partial charge is 0.525 e. The normalized spacial score (nSPS) is 23.9. The van der Waals surface area contributed by atoms with Gasteiger partial charge in [-0.3, -0.25) is 4.68 Å². The molecule has 0 aliphatic carbocycles. The molecule has 1 atom stereocenters. The van der Waals surface area contributed by atoms with E-state index >= 15 is 0 Å². The van der Waals surface area contributed by atoms with Crippen LogP contribution >= 0.6 is 0 Å². The van der Waals surface area contributed by atoms with Crippen molar-refractivity contribution in [3.8, 4) is 0 Å². The van der Waals surface area contributed by atoms with Gasteiger partial charge in [-0.25, -0.2) is 9.18 Å². The van der Waals surface area contributed by atoms with Crippen LogP contribution in [-0.2, 0) is 20.6 Å². The first-order valence-electron chi connectivity index (χ1n) is 10.4. The molecule has 0 N–H and O–H groups in total. The van der Waals surface area contributed by atoms with Crippen molar-refractivity contribution in [2.75, 3.05) is 13.1 Å². The average Bonchev–Trinajstić information content (AvgIpc) is 3.26. The zero-order valence-electron chi connectivity index (χ0n) is 18.9. The van der Waals surface area contributed by atoms with Gasteiger partial charge in [0.25, 0.3) is 0 Å². The van der Waals surface area contributed by atoms with Crippen LogP contribution in [-0.4, -0.2) is 63.0 Å². The summed E-state index contributed by atoms with van der Waals surface area (Å²) in [6, 6.07) is 0. The maximum Gasteiger partial charge on any atom is 0.525 e. The minimum atomic E-state index is -1.06. The van der Waals surface area contributed by atoms with Crippen LogP contribution in [0.3, 0.4) is 0 Å². The molecule has 0 bridgehead atoms. The Labute approximate surface area is 177 Å². The zero-order valence-corrected chi connectivity index (χ0v) is 18.9. The predicted molar refractivity (Wildman–Crippen MR) is 111 cm³/mol. The third-order valence-electron chi connectivity index (χ3n) is 5.70. The van der Waals surface area contributed by atoms with Crippen molar-refractivity contribution in [3.05, 3.63) is 17.6 Å². The van der Waals surface area contributed by atoms with E-state index < -0.39 is 29.6 Å². The predicted octanol–water partition coefficient (Wildman–Crippen LogP) is 3.48. The molecule has 30 heavy (non-hydrogen) atoms. The molecular weight excluding hydrogens is 390 g/mol. The number of nitrogens with zero attached hydrogens (tertiary/aromatic N) is 4. The van der Waals surface area contributed by atoms with E-state index in [1.54, 1.807) is 15.8 Å². The summed E-state index contributed by atoms with van der Waals surface area (Å²) in [4.78, 5) is 13.9. The van der Waals surface area contributed by atoms with Crippen LogP contribution in [0.25, 0.3) is 6.08 Å². The molecule has 1 unspecified atom stereocenters. The Bertz CT molecular complexity index is 802. The third-order valence-corrected chi connectivity index (χ3v) is 5.70. The molecule has 0 spiro atoms. The highest BCUT2D eigenvalue weighted by Crippen LogP contribution is 2.39. The number of carbonyl (C=O) groups is 1. The van der Waals surface area contributed by atoms with Crippen molar-refractivity contribution in [3.63, 3.8) is 0 Å². The Morgan fingerprint density at radius 1 is 1.33 bits per heavy atom. The van der Waals surface area contributed by atoms with Crippen molar-refractivity contribution in [2.45, 2.75) is 78.2 Å². The number of amides is 1. The van der Waals surface area contributed by atoms with Crippen LogP contribution < -0.4 is 0 Å². The maximum atomic E-state index is 14.6. The average molecular weight is 422 g/mol. The minimum Gasteiger partial charge on any atom is -0.444 e. The van der Waals surface area contributed by atoms with Gasteiger partial charge in [0, 0.05) is 19.6 Å². The zero-order chi connectivity index (χ0) is 22.3. The first-order valence-corrected chi connectivity index (χ1v) is 10.4. The maximum absolute atomic E-state index is 14.6. The van der Waals surface area contributed by atoms with Crippen molar-refractivity contribution >= 4 is 19.3 Å². The monoisotopic (exact) mass is 422 g/mol. The van der Waals surface area contributed by atoms with E-state index in [2.05, 4.69) is 10.3 Å². The summed E-state index contributed by atoms with van der Waals surface area (Å²) in [5.74, 6) is 0.240. The second-order valence-corrected chi connectivity index (χ2v) is 10.1. The molecule has 3 heterocycles. The first kappa shape index (κ1) is 22.7. The van der Waals surface area contributed by atoms with Crippen LogP contribution in [0.15, 0.2) is 11.9 Å². The number of carbonyl (C=O) groups excluding carboxylic acids is 1. The molecule has 2 aliphatic rings. The number of likely N-dealkylation sites (tertiary alicyclic amines) is 1. The van der Waals surface area contributed by atoms with E-state index in [1.807, 2.05) is 48.5 Å². The Hall–Kier alpha value is -1.94. The molecular formula is C20H32BFN4O4. The molecule has 3 rings (SSSR count). The number of aromatic nitrogens is 3. The SMILES string of the molecule is CC(C)(C)OC(=O)N1CCC(Cn2cc(C=C(F)B3OC(C)(C)C(C)(C)O3)nn2)C1. The number of rotatable bonds is 4. The molecule has 0 saturated carbocycles. The van der Waals surface area contributed by atoms with Crippen LogP contribution in [0.1, 0.15) is 60.6 Å². The van der Waals surface area contributed by atoms with Gasteiger partial charge in [0.2, 0.25) is 0 Å². The molecule has 1 amide bonds. The number of hydrogen-bond acceptors (Lipinski definition) is 6. The molecule has 1 aromatic heterocycles. The molecule has 2 aliphatic heterocycles. The van der Waals surface area contributed by atoms with E-state index in [-0.39, 0.29) is 12.0 Å². The van der Waals surface area contributed by atoms with Gasteiger partial charge in [-0.1, -0.05) is 5.21 Å². The van der Waals surface area contributed by atoms with Crippen molar-refractivity contribution < 1.29 is 23.2 Å². The van der Waals surface area contributed by atoms with Gasteiger partial charge < -0.3 is 18.9 Å². The number of ether oxygens (including phenoxy) is 1. The Kier molecular flexibility index (Phi) is 6.03. The Balaban J connectivity index is 1.56. The second-order valence-electron chi connectivity index (χ2n) is 10.1. The van der Waals surface area contributed by atoms with Gasteiger partial charge in [0.05, 0.1) is 17.4 Å². The molecule has 166 valence electrons. The smallest absolute Gasteiger partial charge is 0.444 e. The standard InChI is InChI=1S/C20H32BFN4O4/c1-18(2,3)28-17(27)25-9-8-14(11-25)12-26-13-15(23-24-26)10-16(22)21-29-19(4,5)20(6,7)30-21/h10,13-14H,8-9,11-12H2,1-7H3. The quantitative estimate of drug-likeness (QED) is 0.692. The van der Waals surface area contributed by atoms with Crippen molar-refractivity contribution in [1.29, 1.82) is 0 Å². The molecule has 1 aromatic rings. The van der Waals surface area contributed by atoms with E-state index in [0.717, 1.165) is 6.42 Å². The van der Waals surface area contributed by atoms with E-state index in [1.165, 1.54) is 6.08 Å². The second kappa shape index (κ2) is 7.96. The van der Waals surface area contributed by atoms with Gasteiger partial charge in [0.15, 0.2) is 0 Å². The summed E-state index contributed by atoms with van der Waals surface area (Å²) in [6.07, 6.45) is 3.53. The van der Waals surface area contributed by atoms with Gasteiger partial charge >= 0.3 is 13.2 Å². The van der Waals surface area contributed by atoms with Crippen molar-refractivity contribution in [1.82, 2.24) is 19.9 Å². The van der Waals surface area contributed by atoms with Gasteiger partial charge in [-0.2, -0.15) is 0 Å². The van der Waals surface area contributed by atoms with E-state index in [9.17, 15) is 9.18 Å². The fourth-order valence-electron chi connectivity index (χ4n) is 3.37. The highest BCUT2D eigenvalue weighted by atomic mass is 19.1. The summed E-state index contributed by atoms with van der Waals surface area (Å²) in [7, 11) is -1.06. The third kappa shape index (κ3) is 5.21. The van der Waals surface area contributed by atoms with Crippen LogP contribution in [0.5, 0.6) is 0 Å². The van der Waals surface area contributed by atoms with Gasteiger partial charge in [-0.05, 0) is 66.9 Å². The lowest BCUT2D eigenvalue weighted by molar-refractivity contribution is 0.00578. The minimum absolute atomic E-state index is 0.240. The molecule has 2 fully saturated rings. The highest BCUT2D eigenvalue weighted by Gasteiger charge is 2.53. The first-order chi connectivity index (χ1) is 13.8. The summed E-state index contributed by atoms with van der Waals surface area (Å²) in [5, 5.41) is 8.11. The number of halogens is 1. The fraction of sp³-hybridized carbons (Fsp3) is 0.750. The Morgan fingerprint density at radius 2 is 1.97 bits per heavy atom. The molecule has 0 aromatic carbocycles. The summed E-state index contributed by atoms with van der Waals surface area (Å²) in [6.45, 7) is 14.9. The van der Waals surface area contributed by atoms with E-state index in [4.69, 9.17) is 14.0 Å². The fourth-order valence-corrected chi connectivity index (χ4v) is 3.37. The van der Waals surface area contributed by atoms with Crippen LogP contribution in [0, 0.1) is 5.92 Å². The van der Waals surface area contributed by atoms with Crippen LogP contribution in [0.2, 0.25) is 0 Å². The summed E-state index contributed by atoms with van der Waals surface area (Å²) >= 11 is 0. The van der Waals surface area contributed by atoms with Gasteiger partial charge in [-0.15, -0.1) is 5.10 Å². The topological polar surface area (TPSA) is 78.7 Å². The summed E-state index contributed by atoms with van der Waals surface area (Å²) < 4.78 is 33.2. The molecule has 8 nitrogen and oxygen atoms in total. The lowest BCUT2D eigenvalue weighted by Crippen LogP contribution is -2.41. The van der Waals surface area contributed by atoms with Crippen LogP contribution in [0.4, 0.5) is 9.18 Å². The lowest BCUT2D eigenvalue weighted by atomic mass is 9.87. The summed E-state index contributed by atoms with van der Waals surface area (Å²) in [5.41, 5.74) is -1.88. The molecule has 2 saturated heterocycles. The molecule has 0 radical (unpaired) electrons. The van der Waals surface area contributed by atoms with E-state index in [0.29, 0.717) is 25.3 Å². The van der Waals surface area contributed by atoms with Crippen molar-refractivity contribution in [2.24, 2.45) is 5.92 Å². The Morgan fingerprint density at radius 3 is 2.57 bits per heavy atom. The number of hydrogen-bond donors (Lipinski definition) is 0. The van der Waals surface area contributed by atoms with Gasteiger partial charge in [0.1, 0.15) is 17.0 Å². The molecule has 10 heteroatoms. The highest BCUT2D eigenvalue weighted by molar-refractivity contribution is 6.54.